The molecule has 2 aromatic carbocycles. The molecule has 32 heavy (non-hydrogen) atoms. The number of nitrogens with one attached hydrogen (secondary N) is 1. The molecule has 0 unspecified atom stereocenters. The van der Waals surface area contributed by atoms with E-state index in [2.05, 4.69) is 5.32 Å². The van der Waals surface area contributed by atoms with Crippen molar-refractivity contribution in [1.82, 2.24) is 9.62 Å². The molecule has 1 aliphatic rings. The molecular weight excluding hydrogens is 456 g/mol. The van der Waals surface area contributed by atoms with Crippen molar-refractivity contribution in [2.75, 3.05) is 32.8 Å². The van der Waals surface area contributed by atoms with Gasteiger partial charge in [-0.15, -0.1) is 0 Å². The maximum atomic E-state index is 12.9. The molecule has 1 heterocycles. The lowest BCUT2D eigenvalue weighted by atomic mass is 10.2. The number of piperidine rings is 1. The third-order valence-corrected chi connectivity index (χ3v) is 7.25. The number of amides is 1. The number of nitrogens with zero attached hydrogens (tertiary/aromatic N) is 1. The van der Waals surface area contributed by atoms with Crippen molar-refractivity contribution in [2.24, 2.45) is 0 Å². The van der Waals surface area contributed by atoms with Crippen molar-refractivity contribution in [3.8, 4) is 5.75 Å². The Morgan fingerprint density at radius 1 is 1.03 bits per heavy atom. The van der Waals surface area contributed by atoms with E-state index in [0.29, 0.717) is 18.8 Å². The Balaban J connectivity index is 1.51. The van der Waals surface area contributed by atoms with E-state index in [1.165, 1.54) is 22.5 Å². The number of hydrogen-bond donors (Lipinski definition) is 1. The van der Waals surface area contributed by atoms with E-state index in [9.17, 15) is 18.0 Å². The quantitative estimate of drug-likeness (QED) is 0.437. The number of esters is 1. The van der Waals surface area contributed by atoms with Gasteiger partial charge in [0.15, 0.2) is 6.61 Å². The molecule has 0 aromatic heterocycles. The molecule has 1 N–H and O–H groups in total. The molecule has 0 radical (unpaired) electrons. The van der Waals surface area contributed by atoms with E-state index < -0.39 is 28.5 Å². The summed E-state index contributed by atoms with van der Waals surface area (Å²) in [7, 11) is -3.82. The first-order chi connectivity index (χ1) is 15.4. The molecule has 0 spiro atoms. The van der Waals surface area contributed by atoms with Crippen LogP contribution in [0.5, 0.6) is 5.75 Å². The maximum Gasteiger partial charge on any atom is 0.338 e. The summed E-state index contributed by atoms with van der Waals surface area (Å²) in [6, 6.07) is 13.1. The monoisotopic (exact) mass is 480 g/mol. The van der Waals surface area contributed by atoms with Crippen LogP contribution in [-0.2, 0) is 19.6 Å². The summed E-state index contributed by atoms with van der Waals surface area (Å²) in [5.41, 5.74) is 0.00481. The molecule has 0 bridgehead atoms. The lowest BCUT2D eigenvalue weighted by Gasteiger charge is -2.26. The van der Waals surface area contributed by atoms with E-state index in [0.717, 1.165) is 19.3 Å². The molecule has 8 nitrogen and oxygen atoms in total. The van der Waals surface area contributed by atoms with Crippen molar-refractivity contribution in [1.29, 1.82) is 0 Å². The van der Waals surface area contributed by atoms with Gasteiger partial charge in [0.2, 0.25) is 10.0 Å². The number of rotatable bonds is 9. The standard InChI is InChI=1S/C22H25ClN2O6S/c23-19-10-9-17(15-20(19)32(28,29)25-12-5-2-6-13-25)22(27)31-16-21(26)24-11-14-30-18-7-3-1-4-8-18/h1,3-4,7-10,15H,2,5-6,11-14,16H2,(H,24,26). The number of carbonyl (C=O) groups is 2. The van der Waals surface area contributed by atoms with Gasteiger partial charge in [0.05, 0.1) is 17.1 Å². The lowest BCUT2D eigenvalue weighted by Crippen LogP contribution is -2.35. The highest BCUT2D eigenvalue weighted by Gasteiger charge is 2.29. The molecule has 10 heteroatoms. The number of benzene rings is 2. The zero-order valence-electron chi connectivity index (χ0n) is 17.5. The number of sulfonamides is 1. The van der Waals surface area contributed by atoms with Crippen LogP contribution in [-0.4, -0.2) is 57.4 Å². The Morgan fingerprint density at radius 2 is 1.75 bits per heavy atom. The third-order valence-electron chi connectivity index (χ3n) is 4.87. The molecule has 0 saturated carbocycles. The Hall–Kier alpha value is -2.62. The summed E-state index contributed by atoms with van der Waals surface area (Å²) in [6.07, 6.45) is 2.54. The molecule has 1 amide bonds. The minimum atomic E-state index is -3.82. The van der Waals surface area contributed by atoms with Gasteiger partial charge >= 0.3 is 5.97 Å². The minimum Gasteiger partial charge on any atom is -0.492 e. The number of halogens is 1. The molecule has 1 fully saturated rings. The van der Waals surface area contributed by atoms with E-state index in [1.807, 2.05) is 18.2 Å². The van der Waals surface area contributed by atoms with Crippen LogP contribution in [0.1, 0.15) is 29.6 Å². The normalized spacial score (nSPS) is 14.5. The van der Waals surface area contributed by atoms with Gasteiger partial charge in [-0.25, -0.2) is 13.2 Å². The number of para-hydroxylation sites is 1. The summed E-state index contributed by atoms with van der Waals surface area (Å²) in [5, 5.41) is 2.61. The first-order valence-electron chi connectivity index (χ1n) is 10.3. The SMILES string of the molecule is O=C(COC(=O)c1ccc(Cl)c(S(=O)(=O)N2CCCCC2)c1)NCCOc1ccccc1. The second kappa shape index (κ2) is 11.3. The average Bonchev–Trinajstić information content (AvgIpc) is 2.81. The van der Waals surface area contributed by atoms with Crippen LogP contribution in [0.4, 0.5) is 0 Å². The van der Waals surface area contributed by atoms with Crippen molar-refractivity contribution >= 4 is 33.5 Å². The number of carbonyl (C=O) groups excluding carboxylic acids is 2. The van der Waals surface area contributed by atoms with Gasteiger partial charge in [-0.2, -0.15) is 4.31 Å². The Bertz CT molecular complexity index is 1040. The van der Waals surface area contributed by atoms with Crippen LogP contribution >= 0.6 is 11.6 Å². The lowest BCUT2D eigenvalue weighted by molar-refractivity contribution is -0.124. The number of hydrogen-bond acceptors (Lipinski definition) is 6. The predicted molar refractivity (Wildman–Crippen MR) is 119 cm³/mol. The summed E-state index contributed by atoms with van der Waals surface area (Å²) in [4.78, 5) is 24.1. The minimum absolute atomic E-state index is 0.00481. The Labute approximate surface area is 192 Å². The summed E-state index contributed by atoms with van der Waals surface area (Å²) >= 11 is 6.11. The molecule has 1 aliphatic heterocycles. The molecule has 0 aliphatic carbocycles. The van der Waals surface area contributed by atoms with Gasteiger partial charge in [-0.3, -0.25) is 4.79 Å². The van der Waals surface area contributed by atoms with E-state index in [1.54, 1.807) is 12.1 Å². The molecule has 2 aromatic rings. The fraction of sp³-hybridized carbons (Fsp3) is 0.364. The van der Waals surface area contributed by atoms with Gasteiger partial charge in [0.1, 0.15) is 17.3 Å². The van der Waals surface area contributed by atoms with Crippen LogP contribution in [0.2, 0.25) is 5.02 Å². The van der Waals surface area contributed by atoms with Crippen LogP contribution < -0.4 is 10.1 Å². The molecule has 1 saturated heterocycles. The summed E-state index contributed by atoms with van der Waals surface area (Å²) in [6.45, 7) is 0.840. The largest absolute Gasteiger partial charge is 0.492 e. The molecule has 0 atom stereocenters. The van der Waals surface area contributed by atoms with Crippen molar-refractivity contribution in [3.05, 3.63) is 59.1 Å². The second-order valence-electron chi connectivity index (χ2n) is 7.20. The van der Waals surface area contributed by atoms with Crippen LogP contribution in [0.15, 0.2) is 53.4 Å². The smallest absolute Gasteiger partial charge is 0.338 e. The average molecular weight is 481 g/mol. The topological polar surface area (TPSA) is 102 Å². The van der Waals surface area contributed by atoms with Gasteiger partial charge in [-0.1, -0.05) is 36.2 Å². The molecule has 172 valence electrons. The molecular formula is C22H25ClN2O6S. The fourth-order valence-corrected chi connectivity index (χ4v) is 5.23. The van der Waals surface area contributed by atoms with Crippen LogP contribution in [0, 0.1) is 0 Å². The predicted octanol–water partition coefficient (Wildman–Crippen LogP) is 2.87. The Morgan fingerprint density at radius 3 is 2.47 bits per heavy atom. The van der Waals surface area contributed by atoms with Gasteiger partial charge < -0.3 is 14.8 Å². The number of ether oxygens (including phenoxy) is 2. The first-order valence-corrected chi connectivity index (χ1v) is 12.1. The van der Waals surface area contributed by atoms with Crippen molar-refractivity contribution < 1.29 is 27.5 Å². The molecule has 3 rings (SSSR count). The summed E-state index contributed by atoms with van der Waals surface area (Å²) < 4.78 is 37.7. The summed E-state index contributed by atoms with van der Waals surface area (Å²) in [5.74, 6) is -0.621. The van der Waals surface area contributed by atoms with Crippen molar-refractivity contribution in [3.63, 3.8) is 0 Å². The van der Waals surface area contributed by atoms with E-state index in [4.69, 9.17) is 21.1 Å². The zero-order chi connectivity index (χ0) is 23.0. The Kier molecular flexibility index (Phi) is 8.49. The van der Waals surface area contributed by atoms with Crippen molar-refractivity contribution in [2.45, 2.75) is 24.2 Å². The highest BCUT2D eigenvalue weighted by molar-refractivity contribution is 7.89. The highest BCUT2D eigenvalue weighted by Crippen LogP contribution is 2.28. The zero-order valence-corrected chi connectivity index (χ0v) is 19.0. The maximum absolute atomic E-state index is 12.9. The van der Waals surface area contributed by atoms with E-state index in [-0.39, 0.29) is 28.6 Å². The fourth-order valence-electron chi connectivity index (χ4n) is 3.21. The third kappa shape index (κ3) is 6.44. The highest BCUT2D eigenvalue weighted by atomic mass is 35.5. The van der Waals surface area contributed by atoms with Gasteiger partial charge in [0.25, 0.3) is 5.91 Å². The van der Waals surface area contributed by atoms with Crippen LogP contribution in [0.3, 0.4) is 0 Å². The van der Waals surface area contributed by atoms with Crippen LogP contribution in [0.25, 0.3) is 0 Å². The van der Waals surface area contributed by atoms with E-state index >= 15 is 0 Å². The van der Waals surface area contributed by atoms with Gasteiger partial charge in [-0.05, 0) is 43.2 Å². The first kappa shape index (κ1) is 24.0. The van der Waals surface area contributed by atoms with Gasteiger partial charge in [0, 0.05) is 13.1 Å². The second-order valence-corrected chi connectivity index (χ2v) is 9.51.